The molecular weight excluding hydrogens is 360 g/mol. The molecule has 0 amide bonds. The molecule has 2 aromatic carbocycles. The first kappa shape index (κ1) is 18.7. The van der Waals surface area contributed by atoms with E-state index in [9.17, 15) is 4.79 Å². The number of furan rings is 1. The van der Waals surface area contributed by atoms with E-state index in [4.69, 9.17) is 21.4 Å². The fourth-order valence-corrected chi connectivity index (χ4v) is 2.67. The molecule has 0 atom stereocenters. The van der Waals surface area contributed by atoms with Crippen LogP contribution >= 0.6 is 12.2 Å². The van der Waals surface area contributed by atoms with Gasteiger partial charge in [-0.2, -0.15) is 0 Å². The first-order valence-corrected chi connectivity index (χ1v) is 9.02. The number of hydrogen-bond acceptors (Lipinski definition) is 4. The van der Waals surface area contributed by atoms with E-state index in [0.717, 1.165) is 22.8 Å². The molecule has 0 radical (unpaired) electrons. The minimum Gasteiger partial charge on any atom is -0.462 e. The Morgan fingerprint density at radius 2 is 1.78 bits per heavy atom. The monoisotopic (exact) mass is 380 g/mol. The second-order valence-electron chi connectivity index (χ2n) is 5.74. The third-order valence-electron chi connectivity index (χ3n) is 3.80. The fraction of sp³-hybridized carbons (Fsp3) is 0.143. The summed E-state index contributed by atoms with van der Waals surface area (Å²) in [5.74, 6) is 1.16. The van der Waals surface area contributed by atoms with Crippen LogP contribution in [0.3, 0.4) is 0 Å². The normalized spacial score (nSPS) is 10.3. The van der Waals surface area contributed by atoms with Crippen molar-refractivity contribution in [3.63, 3.8) is 0 Å². The maximum Gasteiger partial charge on any atom is 0.338 e. The standard InChI is InChI=1S/C21H20N2O3S/c1-2-25-20(24)16-10-8-15(9-11-16)19-13-12-18(26-19)14-22-21(27)23-17-6-4-3-5-7-17/h3-13H,2,14H2,1H3,(H2,22,23,27). The maximum atomic E-state index is 11.7. The average Bonchev–Trinajstić information content (AvgIpc) is 3.17. The zero-order chi connectivity index (χ0) is 19.1. The summed E-state index contributed by atoms with van der Waals surface area (Å²) in [6, 6.07) is 20.6. The van der Waals surface area contributed by atoms with Gasteiger partial charge in [0, 0.05) is 11.3 Å². The summed E-state index contributed by atoms with van der Waals surface area (Å²) in [6.07, 6.45) is 0. The summed E-state index contributed by atoms with van der Waals surface area (Å²) in [7, 11) is 0. The molecule has 0 aliphatic carbocycles. The number of anilines is 1. The van der Waals surface area contributed by atoms with Gasteiger partial charge in [-0.15, -0.1) is 0 Å². The van der Waals surface area contributed by atoms with Gasteiger partial charge in [-0.1, -0.05) is 30.3 Å². The minimum atomic E-state index is -0.326. The molecule has 5 nitrogen and oxygen atoms in total. The van der Waals surface area contributed by atoms with Crippen LogP contribution in [0.5, 0.6) is 0 Å². The van der Waals surface area contributed by atoms with Crippen LogP contribution in [0, 0.1) is 0 Å². The first-order valence-electron chi connectivity index (χ1n) is 8.62. The van der Waals surface area contributed by atoms with Crippen LogP contribution in [-0.2, 0) is 11.3 Å². The lowest BCUT2D eigenvalue weighted by Gasteiger charge is -2.09. The number of ether oxygens (including phenoxy) is 1. The van der Waals surface area contributed by atoms with Gasteiger partial charge >= 0.3 is 5.97 Å². The molecule has 0 saturated carbocycles. The summed E-state index contributed by atoms with van der Waals surface area (Å²) in [6.45, 7) is 2.61. The van der Waals surface area contributed by atoms with Crippen molar-refractivity contribution in [2.24, 2.45) is 0 Å². The van der Waals surface area contributed by atoms with Gasteiger partial charge in [0.15, 0.2) is 5.11 Å². The second kappa shape index (κ2) is 9.00. The Bertz CT molecular complexity index is 905. The number of para-hydroxylation sites is 1. The number of carbonyl (C=O) groups excluding carboxylic acids is 1. The molecule has 3 aromatic rings. The lowest BCUT2D eigenvalue weighted by atomic mass is 10.1. The number of rotatable bonds is 6. The van der Waals surface area contributed by atoms with Gasteiger partial charge in [0.1, 0.15) is 11.5 Å². The van der Waals surface area contributed by atoms with Crippen LogP contribution in [0.15, 0.2) is 71.1 Å². The van der Waals surface area contributed by atoms with Crippen LogP contribution in [0.25, 0.3) is 11.3 Å². The molecule has 1 aromatic heterocycles. The van der Waals surface area contributed by atoms with E-state index < -0.39 is 0 Å². The van der Waals surface area contributed by atoms with E-state index in [0.29, 0.717) is 23.8 Å². The molecule has 0 bridgehead atoms. The predicted molar refractivity (Wildman–Crippen MR) is 110 cm³/mol. The van der Waals surface area contributed by atoms with Crippen LogP contribution in [0.1, 0.15) is 23.0 Å². The number of thiocarbonyl (C=S) groups is 1. The highest BCUT2D eigenvalue weighted by atomic mass is 32.1. The zero-order valence-electron chi connectivity index (χ0n) is 14.9. The molecule has 3 rings (SSSR count). The average molecular weight is 380 g/mol. The topological polar surface area (TPSA) is 63.5 Å². The smallest absolute Gasteiger partial charge is 0.338 e. The van der Waals surface area contributed by atoms with E-state index in [1.807, 2.05) is 54.6 Å². The maximum absolute atomic E-state index is 11.7. The Morgan fingerprint density at radius 3 is 2.48 bits per heavy atom. The van der Waals surface area contributed by atoms with Crippen LogP contribution in [0.4, 0.5) is 5.69 Å². The molecule has 0 unspecified atom stereocenters. The van der Waals surface area contributed by atoms with E-state index in [1.165, 1.54) is 0 Å². The number of benzene rings is 2. The Labute approximate surface area is 163 Å². The molecular formula is C21H20N2O3S. The van der Waals surface area contributed by atoms with Crippen molar-refractivity contribution in [1.82, 2.24) is 5.32 Å². The van der Waals surface area contributed by atoms with Crippen LogP contribution in [0.2, 0.25) is 0 Å². The predicted octanol–water partition coefficient (Wildman–Crippen LogP) is 4.61. The molecule has 0 fully saturated rings. The molecule has 2 N–H and O–H groups in total. The molecule has 1 heterocycles. The molecule has 27 heavy (non-hydrogen) atoms. The van der Waals surface area contributed by atoms with E-state index in [2.05, 4.69) is 10.6 Å². The summed E-state index contributed by atoms with van der Waals surface area (Å²) >= 11 is 5.29. The summed E-state index contributed by atoms with van der Waals surface area (Å²) in [5.41, 5.74) is 2.34. The van der Waals surface area contributed by atoms with Crippen molar-refractivity contribution in [2.75, 3.05) is 11.9 Å². The van der Waals surface area contributed by atoms with Crippen LogP contribution < -0.4 is 10.6 Å². The van der Waals surface area contributed by atoms with Crippen molar-refractivity contribution in [3.8, 4) is 11.3 Å². The Hall–Kier alpha value is -3.12. The van der Waals surface area contributed by atoms with Crippen molar-refractivity contribution in [3.05, 3.63) is 78.1 Å². The van der Waals surface area contributed by atoms with Crippen molar-refractivity contribution >= 4 is 29.0 Å². The zero-order valence-corrected chi connectivity index (χ0v) is 15.7. The van der Waals surface area contributed by atoms with E-state index >= 15 is 0 Å². The SMILES string of the molecule is CCOC(=O)c1ccc(-c2ccc(CNC(=S)Nc3ccccc3)o2)cc1. The van der Waals surface area contributed by atoms with Gasteiger partial charge in [-0.25, -0.2) is 4.79 Å². The molecule has 0 aliphatic rings. The first-order chi connectivity index (χ1) is 13.2. The highest BCUT2D eigenvalue weighted by molar-refractivity contribution is 7.80. The fourth-order valence-electron chi connectivity index (χ4n) is 2.48. The lowest BCUT2D eigenvalue weighted by Crippen LogP contribution is -2.27. The van der Waals surface area contributed by atoms with E-state index in [1.54, 1.807) is 19.1 Å². The molecule has 0 saturated heterocycles. The molecule has 0 aliphatic heterocycles. The highest BCUT2D eigenvalue weighted by Crippen LogP contribution is 2.23. The number of esters is 1. The summed E-state index contributed by atoms with van der Waals surface area (Å²) in [5, 5.41) is 6.75. The number of nitrogens with one attached hydrogen (secondary N) is 2. The highest BCUT2D eigenvalue weighted by Gasteiger charge is 2.09. The van der Waals surface area contributed by atoms with Crippen LogP contribution in [-0.4, -0.2) is 17.7 Å². The molecule has 138 valence electrons. The number of hydrogen-bond donors (Lipinski definition) is 2. The Morgan fingerprint density at radius 1 is 1.04 bits per heavy atom. The quantitative estimate of drug-likeness (QED) is 0.481. The van der Waals surface area contributed by atoms with Gasteiger partial charge in [-0.3, -0.25) is 0 Å². The third kappa shape index (κ3) is 5.18. The van der Waals surface area contributed by atoms with Crippen molar-refractivity contribution in [2.45, 2.75) is 13.5 Å². The third-order valence-corrected chi connectivity index (χ3v) is 4.04. The van der Waals surface area contributed by atoms with Gasteiger partial charge < -0.3 is 19.8 Å². The summed E-state index contributed by atoms with van der Waals surface area (Å²) < 4.78 is 10.8. The number of carbonyl (C=O) groups is 1. The van der Waals surface area contributed by atoms with Gasteiger partial charge in [0.2, 0.25) is 0 Å². The van der Waals surface area contributed by atoms with Crippen molar-refractivity contribution in [1.29, 1.82) is 0 Å². The van der Waals surface area contributed by atoms with Gasteiger partial charge in [0.05, 0.1) is 18.7 Å². The lowest BCUT2D eigenvalue weighted by molar-refractivity contribution is 0.0526. The Balaban J connectivity index is 1.56. The van der Waals surface area contributed by atoms with Gasteiger partial charge in [-0.05, 0) is 55.5 Å². The Kier molecular flexibility index (Phi) is 6.22. The minimum absolute atomic E-state index is 0.326. The largest absolute Gasteiger partial charge is 0.462 e. The molecule has 6 heteroatoms. The summed E-state index contributed by atoms with van der Waals surface area (Å²) in [4.78, 5) is 11.7. The molecule has 0 spiro atoms. The van der Waals surface area contributed by atoms with Gasteiger partial charge in [0.25, 0.3) is 0 Å². The van der Waals surface area contributed by atoms with Crippen molar-refractivity contribution < 1.29 is 13.9 Å². The van der Waals surface area contributed by atoms with E-state index in [-0.39, 0.29) is 5.97 Å². The second-order valence-corrected chi connectivity index (χ2v) is 6.15.